The molecule has 1 aliphatic rings. The highest BCUT2D eigenvalue weighted by Crippen LogP contribution is 2.32. The van der Waals surface area contributed by atoms with Gasteiger partial charge >= 0.3 is 6.18 Å². The van der Waals surface area contributed by atoms with E-state index in [2.05, 4.69) is 20.3 Å². The van der Waals surface area contributed by atoms with Gasteiger partial charge in [0.15, 0.2) is 5.82 Å². The molecule has 0 aromatic carbocycles. The summed E-state index contributed by atoms with van der Waals surface area (Å²) in [7, 11) is 0. The minimum Gasteiger partial charge on any atom is -0.423 e. The van der Waals surface area contributed by atoms with Crippen LogP contribution in [-0.4, -0.2) is 38.0 Å². The van der Waals surface area contributed by atoms with E-state index in [1.54, 1.807) is 6.92 Å². The summed E-state index contributed by atoms with van der Waals surface area (Å²) in [6.07, 6.45) is -2.91. The quantitative estimate of drug-likeness (QED) is 0.851. The summed E-state index contributed by atoms with van der Waals surface area (Å²) in [4.78, 5) is 6.17. The second kappa shape index (κ2) is 6.26. The van der Waals surface area contributed by atoms with E-state index in [4.69, 9.17) is 8.94 Å². The molecule has 0 saturated carbocycles. The summed E-state index contributed by atoms with van der Waals surface area (Å²) in [5.74, 6) is 0.801. The predicted molar refractivity (Wildman–Crippen MR) is 70.1 cm³/mol. The molecular weight excluding hydrogens is 315 g/mol. The first-order valence-corrected chi connectivity index (χ1v) is 7.33. The van der Waals surface area contributed by atoms with Gasteiger partial charge in [-0.15, -0.1) is 10.2 Å². The molecule has 1 aliphatic heterocycles. The lowest BCUT2D eigenvalue weighted by Crippen LogP contribution is -2.33. The van der Waals surface area contributed by atoms with E-state index >= 15 is 0 Å². The Balaban J connectivity index is 1.73. The van der Waals surface area contributed by atoms with E-state index in [-0.39, 0.29) is 11.9 Å². The molecular formula is C13H16F3N5O2. The third-order valence-electron chi connectivity index (χ3n) is 3.64. The van der Waals surface area contributed by atoms with E-state index in [0.717, 1.165) is 25.8 Å². The van der Waals surface area contributed by atoms with Crippen LogP contribution >= 0.6 is 0 Å². The first-order chi connectivity index (χ1) is 10.9. The highest BCUT2D eigenvalue weighted by molar-refractivity contribution is 4.96. The average molecular weight is 331 g/mol. The number of alkyl halides is 3. The van der Waals surface area contributed by atoms with Gasteiger partial charge in [-0.2, -0.15) is 18.2 Å². The van der Waals surface area contributed by atoms with Crippen molar-refractivity contribution >= 4 is 0 Å². The summed E-state index contributed by atoms with van der Waals surface area (Å²) in [5.41, 5.74) is 0. The van der Waals surface area contributed by atoms with Gasteiger partial charge in [0.25, 0.3) is 0 Å². The number of piperidine rings is 1. The first-order valence-electron chi connectivity index (χ1n) is 7.33. The monoisotopic (exact) mass is 331 g/mol. The molecule has 0 spiro atoms. The Kier molecular flexibility index (Phi) is 4.33. The van der Waals surface area contributed by atoms with Crippen LogP contribution in [0.5, 0.6) is 0 Å². The number of rotatable bonds is 4. The largest absolute Gasteiger partial charge is 0.423 e. The molecule has 0 radical (unpaired) electrons. The smallest absolute Gasteiger partial charge is 0.397 e. The minimum absolute atomic E-state index is 0.209. The number of aryl methyl sites for hydroxylation is 1. The van der Waals surface area contributed by atoms with E-state index in [1.165, 1.54) is 0 Å². The van der Waals surface area contributed by atoms with E-state index in [1.807, 2.05) is 4.90 Å². The molecule has 0 N–H and O–H groups in total. The van der Waals surface area contributed by atoms with Gasteiger partial charge in [0.1, 0.15) is 6.42 Å². The first kappa shape index (κ1) is 15.9. The third-order valence-corrected chi connectivity index (χ3v) is 3.64. The maximum atomic E-state index is 12.4. The van der Waals surface area contributed by atoms with Gasteiger partial charge in [-0.05, 0) is 26.3 Å². The van der Waals surface area contributed by atoms with Crippen molar-refractivity contribution in [2.45, 2.75) is 51.4 Å². The third kappa shape index (κ3) is 4.06. The van der Waals surface area contributed by atoms with E-state index in [0.29, 0.717) is 18.3 Å². The van der Waals surface area contributed by atoms with E-state index < -0.39 is 18.5 Å². The molecule has 3 heterocycles. The fourth-order valence-electron chi connectivity index (χ4n) is 2.68. The highest BCUT2D eigenvalue weighted by atomic mass is 19.4. The Bertz CT molecular complexity index is 654. The summed E-state index contributed by atoms with van der Waals surface area (Å²) in [6, 6.07) is -0.231. The zero-order chi connectivity index (χ0) is 16.4. The number of hydrogen-bond donors (Lipinski definition) is 0. The molecule has 23 heavy (non-hydrogen) atoms. The van der Waals surface area contributed by atoms with Crippen molar-refractivity contribution < 1.29 is 22.1 Å². The van der Waals surface area contributed by atoms with Crippen molar-refractivity contribution in [1.29, 1.82) is 0 Å². The van der Waals surface area contributed by atoms with Gasteiger partial charge in [-0.1, -0.05) is 11.6 Å². The summed E-state index contributed by atoms with van der Waals surface area (Å²) < 4.78 is 47.5. The molecule has 0 bridgehead atoms. The van der Waals surface area contributed by atoms with Gasteiger partial charge < -0.3 is 8.94 Å². The van der Waals surface area contributed by atoms with Crippen LogP contribution < -0.4 is 0 Å². The van der Waals surface area contributed by atoms with Crippen LogP contribution in [0.25, 0.3) is 0 Å². The molecule has 0 unspecified atom stereocenters. The van der Waals surface area contributed by atoms with Crippen molar-refractivity contribution in [1.82, 2.24) is 25.2 Å². The van der Waals surface area contributed by atoms with Crippen LogP contribution in [0.1, 0.15) is 48.8 Å². The summed E-state index contributed by atoms with van der Waals surface area (Å²) in [5, 5.41) is 11.0. The molecule has 0 amide bonds. The van der Waals surface area contributed by atoms with Gasteiger partial charge in [0.05, 0.1) is 12.6 Å². The lowest BCUT2D eigenvalue weighted by Gasteiger charge is -2.32. The number of likely N-dealkylation sites (tertiary alicyclic amines) is 1. The lowest BCUT2D eigenvalue weighted by atomic mass is 10.0. The Morgan fingerprint density at radius 3 is 2.74 bits per heavy atom. The average Bonchev–Trinajstić information content (AvgIpc) is 3.07. The van der Waals surface area contributed by atoms with Gasteiger partial charge in [-0.25, -0.2) is 0 Å². The Morgan fingerprint density at radius 2 is 2.04 bits per heavy atom. The molecule has 3 rings (SSSR count). The zero-order valence-corrected chi connectivity index (χ0v) is 12.5. The molecule has 1 fully saturated rings. The topological polar surface area (TPSA) is 81.1 Å². The number of aromatic nitrogens is 4. The second-order valence-corrected chi connectivity index (χ2v) is 5.54. The summed E-state index contributed by atoms with van der Waals surface area (Å²) in [6.45, 7) is 2.88. The molecule has 2 aromatic rings. The number of hydrogen-bond acceptors (Lipinski definition) is 7. The lowest BCUT2D eigenvalue weighted by molar-refractivity contribution is -0.131. The zero-order valence-electron chi connectivity index (χ0n) is 12.5. The maximum absolute atomic E-state index is 12.4. The number of halogens is 3. The van der Waals surface area contributed by atoms with Crippen LogP contribution in [0.15, 0.2) is 8.94 Å². The van der Waals surface area contributed by atoms with Gasteiger partial charge in [0.2, 0.25) is 17.7 Å². The van der Waals surface area contributed by atoms with Gasteiger partial charge in [0, 0.05) is 0 Å². The fraction of sp³-hybridized carbons (Fsp3) is 0.692. The summed E-state index contributed by atoms with van der Waals surface area (Å²) >= 11 is 0. The minimum atomic E-state index is -4.36. The normalized spacial score (nSPS) is 20.1. The molecule has 7 nitrogen and oxygen atoms in total. The van der Waals surface area contributed by atoms with Crippen LogP contribution in [-0.2, 0) is 13.0 Å². The fourth-order valence-corrected chi connectivity index (χ4v) is 2.68. The van der Waals surface area contributed by atoms with Crippen molar-refractivity contribution in [2.24, 2.45) is 0 Å². The number of nitrogens with zero attached hydrogens (tertiary/aromatic N) is 5. The van der Waals surface area contributed by atoms with Crippen molar-refractivity contribution in [2.75, 3.05) is 6.54 Å². The molecule has 2 aromatic heterocycles. The molecule has 1 atom stereocenters. The van der Waals surface area contributed by atoms with Crippen LogP contribution in [0.4, 0.5) is 13.2 Å². The van der Waals surface area contributed by atoms with Crippen molar-refractivity contribution in [3.8, 4) is 0 Å². The Hall–Kier alpha value is -1.97. The second-order valence-electron chi connectivity index (χ2n) is 5.54. The van der Waals surface area contributed by atoms with Crippen molar-refractivity contribution in [3.63, 3.8) is 0 Å². The van der Waals surface area contributed by atoms with E-state index in [9.17, 15) is 13.2 Å². The van der Waals surface area contributed by atoms with Gasteiger partial charge in [-0.3, -0.25) is 4.90 Å². The standard InChI is InChI=1S/C13H16F3N5O2/c1-8-17-11(23-20-8)7-21-5-3-2-4-9(21)12-19-18-10(22-12)6-13(14,15)16/h9H,2-7H2,1H3/t9-/m1/s1. The molecule has 126 valence electrons. The van der Waals surface area contributed by atoms with Crippen LogP contribution in [0, 0.1) is 6.92 Å². The van der Waals surface area contributed by atoms with Crippen LogP contribution in [0.3, 0.4) is 0 Å². The highest BCUT2D eigenvalue weighted by Gasteiger charge is 2.34. The molecule has 0 aliphatic carbocycles. The SMILES string of the molecule is Cc1noc(CN2CCCC[C@@H]2c2nnc(CC(F)(F)F)o2)n1. The predicted octanol–water partition coefficient (Wildman–Crippen LogP) is 2.59. The maximum Gasteiger partial charge on any atom is 0.397 e. The van der Waals surface area contributed by atoms with Crippen molar-refractivity contribution in [3.05, 3.63) is 23.5 Å². The molecule has 1 saturated heterocycles. The Labute approximate surface area is 129 Å². The molecule has 10 heteroatoms. The Morgan fingerprint density at radius 1 is 1.22 bits per heavy atom. The van der Waals surface area contributed by atoms with Crippen LogP contribution in [0.2, 0.25) is 0 Å².